The summed E-state index contributed by atoms with van der Waals surface area (Å²) in [4.78, 5) is 31.4. The summed E-state index contributed by atoms with van der Waals surface area (Å²) < 4.78 is 5.59. The van der Waals surface area contributed by atoms with Gasteiger partial charge in [-0.1, -0.05) is 0 Å². The van der Waals surface area contributed by atoms with Gasteiger partial charge < -0.3 is 25.3 Å². The number of nitriles is 1. The Morgan fingerprint density at radius 1 is 1.30 bits per heavy atom. The lowest BCUT2D eigenvalue weighted by Gasteiger charge is -2.22. The summed E-state index contributed by atoms with van der Waals surface area (Å²) in [6, 6.07) is 6.79. The summed E-state index contributed by atoms with van der Waals surface area (Å²) in [6.07, 6.45) is 4.85. The van der Waals surface area contributed by atoms with Gasteiger partial charge in [0, 0.05) is 24.2 Å². The van der Waals surface area contributed by atoms with E-state index in [1.807, 2.05) is 44.4 Å². The Balaban J connectivity index is 1.69. The fraction of sp³-hybridized carbons (Fsp3) is 0.478. The number of furan rings is 1. The summed E-state index contributed by atoms with van der Waals surface area (Å²) >= 11 is 0. The molecule has 0 spiro atoms. The number of fused-ring (bicyclic) bond motifs is 1. The predicted octanol–water partition coefficient (Wildman–Crippen LogP) is 1.69. The Bertz CT molecular complexity index is 1040. The Morgan fingerprint density at radius 3 is 2.94 bits per heavy atom. The van der Waals surface area contributed by atoms with Crippen molar-refractivity contribution in [1.82, 2.24) is 20.9 Å². The highest BCUT2D eigenvalue weighted by atomic mass is 16.3. The highest BCUT2D eigenvalue weighted by Crippen LogP contribution is 2.23. The number of carbonyl (C=O) groups excluding carboxylic acids is 2. The van der Waals surface area contributed by atoms with Crippen LogP contribution in [0.4, 0.5) is 5.69 Å². The molecule has 1 saturated heterocycles. The molecule has 10 nitrogen and oxygen atoms in total. The monoisotopic (exact) mass is 453 g/mol. The van der Waals surface area contributed by atoms with Gasteiger partial charge in [0.1, 0.15) is 17.4 Å². The molecule has 1 aromatic carbocycles. The molecule has 4 N–H and O–H groups in total. The van der Waals surface area contributed by atoms with Gasteiger partial charge in [0.2, 0.25) is 17.8 Å². The molecule has 3 rings (SSSR count). The van der Waals surface area contributed by atoms with Crippen LogP contribution < -0.4 is 21.3 Å². The fourth-order valence-corrected chi connectivity index (χ4v) is 3.78. The summed E-state index contributed by atoms with van der Waals surface area (Å²) in [6.45, 7) is 3.77. The van der Waals surface area contributed by atoms with Gasteiger partial charge in [-0.2, -0.15) is 5.26 Å². The van der Waals surface area contributed by atoms with E-state index in [1.54, 1.807) is 4.90 Å². The maximum absolute atomic E-state index is 13.1. The van der Waals surface area contributed by atoms with Gasteiger partial charge >= 0.3 is 0 Å². The van der Waals surface area contributed by atoms with Crippen molar-refractivity contribution in [3.63, 3.8) is 0 Å². The van der Waals surface area contributed by atoms with Crippen LogP contribution in [0, 0.1) is 18.4 Å². The lowest BCUT2D eigenvalue weighted by molar-refractivity contribution is -0.136. The van der Waals surface area contributed by atoms with E-state index < -0.39 is 6.04 Å². The van der Waals surface area contributed by atoms with Crippen LogP contribution in [-0.4, -0.2) is 61.9 Å². The summed E-state index contributed by atoms with van der Waals surface area (Å²) in [5, 5.41) is 21.6. The number of hydrogen-bond donors (Lipinski definition) is 4. The van der Waals surface area contributed by atoms with E-state index in [0.29, 0.717) is 25.2 Å². The molecule has 1 unspecified atom stereocenters. The normalized spacial score (nSPS) is 16.9. The SMILES string of the molecule is CNCCCNC(=O)CN1CCCCC(N=C(NC#N)Nc2ccc3oc(C)cc3c2)C1=O. The van der Waals surface area contributed by atoms with Gasteiger partial charge in [0.05, 0.1) is 6.54 Å². The predicted molar refractivity (Wildman–Crippen MR) is 127 cm³/mol. The summed E-state index contributed by atoms with van der Waals surface area (Å²) in [5.41, 5.74) is 1.48. The number of aryl methyl sites for hydroxylation is 1. The number of carbonyl (C=O) groups is 2. The molecule has 1 aliphatic heterocycles. The molecule has 2 aromatic rings. The summed E-state index contributed by atoms with van der Waals surface area (Å²) in [7, 11) is 1.86. The number of amides is 2. The fourth-order valence-electron chi connectivity index (χ4n) is 3.78. The smallest absolute Gasteiger partial charge is 0.247 e. The largest absolute Gasteiger partial charge is 0.461 e. The molecule has 1 atom stereocenters. The molecule has 0 aliphatic carbocycles. The molecule has 0 saturated carbocycles. The first-order chi connectivity index (χ1) is 16.0. The second-order valence-electron chi connectivity index (χ2n) is 8.03. The van der Waals surface area contributed by atoms with E-state index in [-0.39, 0.29) is 24.3 Å². The molecular formula is C23H31N7O3. The number of anilines is 1. The van der Waals surface area contributed by atoms with Crippen molar-refractivity contribution < 1.29 is 14.0 Å². The van der Waals surface area contributed by atoms with E-state index in [9.17, 15) is 14.9 Å². The molecule has 10 heteroatoms. The van der Waals surface area contributed by atoms with Crippen molar-refractivity contribution in [2.75, 3.05) is 38.5 Å². The van der Waals surface area contributed by atoms with Gasteiger partial charge in [0.15, 0.2) is 6.19 Å². The van der Waals surface area contributed by atoms with Crippen LogP contribution in [-0.2, 0) is 9.59 Å². The summed E-state index contributed by atoms with van der Waals surface area (Å²) in [5.74, 6) is 0.606. The number of likely N-dealkylation sites (tertiary alicyclic amines) is 1. The molecule has 1 aliphatic rings. The van der Waals surface area contributed by atoms with Crippen molar-refractivity contribution in [3.05, 3.63) is 30.0 Å². The van der Waals surface area contributed by atoms with Crippen LogP contribution in [0.2, 0.25) is 0 Å². The number of aliphatic imine (C=N–C) groups is 1. The maximum Gasteiger partial charge on any atom is 0.247 e. The van der Waals surface area contributed by atoms with Crippen LogP contribution in [0.5, 0.6) is 0 Å². The molecule has 33 heavy (non-hydrogen) atoms. The Morgan fingerprint density at radius 2 is 2.15 bits per heavy atom. The van der Waals surface area contributed by atoms with Gasteiger partial charge in [-0.15, -0.1) is 0 Å². The molecule has 1 fully saturated rings. The minimum atomic E-state index is -0.673. The standard InChI is InChI=1S/C23H31N7O3/c1-16-12-17-13-18(7-8-20(17)33-16)28-23(27-15-24)29-19-6-3-4-11-30(22(19)32)14-21(31)26-10-5-9-25-2/h7-8,12-13,19,25H,3-6,9-11,14H2,1-2H3,(H,26,31)(H2,27,28,29). The molecule has 2 heterocycles. The topological polar surface area (TPSA) is 135 Å². The zero-order chi connectivity index (χ0) is 23.6. The lowest BCUT2D eigenvalue weighted by atomic mass is 10.1. The van der Waals surface area contributed by atoms with E-state index >= 15 is 0 Å². The average molecular weight is 454 g/mol. The van der Waals surface area contributed by atoms with Gasteiger partial charge in [-0.3, -0.25) is 14.9 Å². The highest BCUT2D eigenvalue weighted by molar-refractivity contribution is 5.98. The van der Waals surface area contributed by atoms with E-state index in [4.69, 9.17) is 4.42 Å². The van der Waals surface area contributed by atoms with Crippen LogP contribution in [0.1, 0.15) is 31.4 Å². The van der Waals surface area contributed by atoms with Crippen LogP contribution in [0.25, 0.3) is 11.0 Å². The Labute approximate surface area is 193 Å². The molecule has 0 radical (unpaired) electrons. The van der Waals surface area contributed by atoms with Gasteiger partial charge in [-0.05, 0) is 70.5 Å². The number of nitrogens with zero attached hydrogens (tertiary/aromatic N) is 3. The number of benzene rings is 1. The van der Waals surface area contributed by atoms with Crippen molar-refractivity contribution >= 4 is 34.4 Å². The van der Waals surface area contributed by atoms with Crippen molar-refractivity contribution in [3.8, 4) is 6.19 Å². The number of nitrogens with one attached hydrogen (secondary N) is 4. The quantitative estimate of drug-likeness (QED) is 0.157. The average Bonchev–Trinajstić information content (AvgIpc) is 3.08. The molecule has 0 bridgehead atoms. The van der Waals surface area contributed by atoms with E-state index in [2.05, 4.69) is 26.3 Å². The lowest BCUT2D eigenvalue weighted by Crippen LogP contribution is -2.44. The molecule has 2 amide bonds. The van der Waals surface area contributed by atoms with Crippen molar-refractivity contribution in [2.24, 2.45) is 4.99 Å². The number of guanidine groups is 1. The Kier molecular flexibility index (Phi) is 8.66. The third-order valence-electron chi connectivity index (χ3n) is 5.37. The molecular weight excluding hydrogens is 422 g/mol. The zero-order valence-electron chi connectivity index (χ0n) is 19.1. The second-order valence-corrected chi connectivity index (χ2v) is 8.03. The first-order valence-electron chi connectivity index (χ1n) is 11.2. The van der Waals surface area contributed by atoms with Gasteiger partial charge in [0.25, 0.3) is 0 Å². The molecule has 176 valence electrons. The van der Waals surface area contributed by atoms with Crippen LogP contribution in [0.3, 0.4) is 0 Å². The van der Waals surface area contributed by atoms with Crippen molar-refractivity contribution in [2.45, 2.75) is 38.6 Å². The van der Waals surface area contributed by atoms with E-state index in [0.717, 1.165) is 42.5 Å². The minimum absolute atomic E-state index is 0.00928. The number of rotatable bonds is 8. The first-order valence-corrected chi connectivity index (χ1v) is 11.2. The third-order valence-corrected chi connectivity index (χ3v) is 5.37. The Hall–Kier alpha value is -3.58. The zero-order valence-corrected chi connectivity index (χ0v) is 19.1. The second kappa shape index (κ2) is 11.9. The maximum atomic E-state index is 13.1. The third kappa shape index (κ3) is 6.95. The first kappa shape index (κ1) is 24.1. The van der Waals surface area contributed by atoms with Crippen molar-refractivity contribution in [1.29, 1.82) is 5.26 Å². The van der Waals surface area contributed by atoms with E-state index in [1.165, 1.54) is 0 Å². The molecule has 1 aromatic heterocycles. The minimum Gasteiger partial charge on any atom is -0.461 e. The number of hydrogen-bond acceptors (Lipinski definition) is 6. The van der Waals surface area contributed by atoms with Crippen LogP contribution in [0.15, 0.2) is 33.7 Å². The highest BCUT2D eigenvalue weighted by Gasteiger charge is 2.28. The van der Waals surface area contributed by atoms with Crippen LogP contribution >= 0.6 is 0 Å². The van der Waals surface area contributed by atoms with Gasteiger partial charge in [-0.25, -0.2) is 4.99 Å².